The summed E-state index contributed by atoms with van der Waals surface area (Å²) in [6, 6.07) is 5.65. The lowest BCUT2D eigenvalue weighted by atomic mass is 10.1. The van der Waals surface area contributed by atoms with Gasteiger partial charge < -0.3 is 24.0 Å². The minimum Gasteiger partial charge on any atom is -0.493 e. The average Bonchev–Trinajstić information content (AvgIpc) is 2.84. The molecule has 2 fully saturated rings. The van der Waals surface area contributed by atoms with E-state index < -0.39 is 0 Å². The van der Waals surface area contributed by atoms with E-state index in [9.17, 15) is 9.59 Å². The summed E-state index contributed by atoms with van der Waals surface area (Å²) < 4.78 is 16.5. The van der Waals surface area contributed by atoms with Crippen molar-refractivity contribution < 1.29 is 23.8 Å². The summed E-state index contributed by atoms with van der Waals surface area (Å²) in [7, 11) is 1.61. The molecular weight excluding hydrogens is 410 g/mol. The first-order valence-electron chi connectivity index (χ1n) is 11.5. The number of methoxy groups -OCH3 is 1. The van der Waals surface area contributed by atoms with Gasteiger partial charge in [-0.15, -0.1) is 0 Å². The number of hydrogen-bond acceptors (Lipinski definition) is 6. The molecular formula is C24H35N3O5. The van der Waals surface area contributed by atoms with Crippen LogP contribution in [0.2, 0.25) is 0 Å². The molecule has 2 saturated heterocycles. The highest BCUT2D eigenvalue weighted by molar-refractivity contribution is 5.92. The minimum atomic E-state index is -0.0486. The molecule has 2 aliphatic rings. The van der Waals surface area contributed by atoms with Gasteiger partial charge in [-0.3, -0.25) is 14.5 Å². The van der Waals surface area contributed by atoms with E-state index >= 15 is 0 Å². The summed E-state index contributed by atoms with van der Waals surface area (Å²) in [6.45, 7) is 8.40. The zero-order valence-electron chi connectivity index (χ0n) is 19.3. The molecule has 0 spiro atoms. The molecule has 176 valence electrons. The second-order valence-electron chi connectivity index (χ2n) is 8.04. The maximum atomic E-state index is 12.6. The number of carbonyl (C=O) groups is 2. The molecule has 1 aromatic carbocycles. The highest BCUT2D eigenvalue weighted by Gasteiger charge is 2.24. The molecule has 0 aromatic heterocycles. The van der Waals surface area contributed by atoms with Crippen molar-refractivity contribution in [3.8, 4) is 11.5 Å². The number of nitrogens with zero attached hydrogens (tertiary/aromatic N) is 3. The van der Waals surface area contributed by atoms with Crippen molar-refractivity contribution >= 4 is 17.9 Å². The van der Waals surface area contributed by atoms with Gasteiger partial charge in [0.05, 0.1) is 33.5 Å². The number of ether oxygens (including phenoxy) is 3. The number of rotatable bonds is 9. The van der Waals surface area contributed by atoms with Crippen molar-refractivity contribution in [1.82, 2.24) is 14.7 Å². The normalized spacial score (nSPS) is 17.6. The summed E-state index contributed by atoms with van der Waals surface area (Å²) >= 11 is 0. The van der Waals surface area contributed by atoms with Crippen LogP contribution in [0.25, 0.3) is 6.08 Å². The third kappa shape index (κ3) is 6.97. The van der Waals surface area contributed by atoms with E-state index in [2.05, 4.69) is 11.8 Å². The molecule has 8 heteroatoms. The van der Waals surface area contributed by atoms with Crippen LogP contribution in [-0.2, 0) is 14.3 Å². The number of piperazine rings is 1. The van der Waals surface area contributed by atoms with Gasteiger partial charge in [0.2, 0.25) is 11.8 Å². The number of morpholine rings is 1. The maximum Gasteiger partial charge on any atom is 0.246 e. The Morgan fingerprint density at radius 1 is 1.03 bits per heavy atom. The van der Waals surface area contributed by atoms with E-state index in [1.54, 1.807) is 24.2 Å². The van der Waals surface area contributed by atoms with Crippen LogP contribution in [0.1, 0.15) is 25.3 Å². The molecule has 2 aliphatic heterocycles. The lowest BCUT2D eigenvalue weighted by Crippen LogP contribution is -2.53. The fraction of sp³-hybridized carbons (Fsp3) is 0.583. The molecule has 2 heterocycles. The van der Waals surface area contributed by atoms with Crippen LogP contribution in [0.4, 0.5) is 0 Å². The van der Waals surface area contributed by atoms with Crippen LogP contribution in [0.15, 0.2) is 24.3 Å². The minimum absolute atomic E-state index is 0.0486. The molecule has 0 atom stereocenters. The van der Waals surface area contributed by atoms with E-state index in [0.717, 1.165) is 31.5 Å². The van der Waals surface area contributed by atoms with Crippen LogP contribution in [-0.4, -0.2) is 99.3 Å². The Morgan fingerprint density at radius 2 is 1.75 bits per heavy atom. The molecule has 2 amide bonds. The van der Waals surface area contributed by atoms with Gasteiger partial charge in [0.15, 0.2) is 11.5 Å². The molecule has 3 rings (SSSR count). The highest BCUT2D eigenvalue weighted by Crippen LogP contribution is 2.28. The van der Waals surface area contributed by atoms with Crippen molar-refractivity contribution in [1.29, 1.82) is 0 Å². The highest BCUT2D eigenvalue weighted by atomic mass is 16.5. The van der Waals surface area contributed by atoms with Gasteiger partial charge in [-0.2, -0.15) is 0 Å². The Bertz CT molecular complexity index is 784. The number of hydrogen-bond donors (Lipinski definition) is 0. The number of carbonyl (C=O) groups excluding carboxylic acids is 2. The van der Waals surface area contributed by atoms with E-state index in [0.29, 0.717) is 64.0 Å². The fourth-order valence-corrected chi connectivity index (χ4v) is 3.73. The average molecular weight is 446 g/mol. The van der Waals surface area contributed by atoms with Gasteiger partial charge in [0.25, 0.3) is 0 Å². The van der Waals surface area contributed by atoms with E-state index in [1.807, 2.05) is 23.1 Å². The molecule has 0 bridgehead atoms. The summed E-state index contributed by atoms with van der Waals surface area (Å²) in [5.74, 6) is 1.45. The number of amides is 2. The maximum absolute atomic E-state index is 12.6. The van der Waals surface area contributed by atoms with Crippen molar-refractivity contribution in [2.45, 2.75) is 19.8 Å². The summed E-state index contributed by atoms with van der Waals surface area (Å²) in [5, 5.41) is 0. The molecule has 1 aromatic rings. The van der Waals surface area contributed by atoms with Crippen LogP contribution in [0.5, 0.6) is 11.5 Å². The molecule has 8 nitrogen and oxygen atoms in total. The Morgan fingerprint density at radius 3 is 2.44 bits per heavy atom. The summed E-state index contributed by atoms with van der Waals surface area (Å²) in [6.07, 6.45) is 5.43. The summed E-state index contributed by atoms with van der Waals surface area (Å²) in [4.78, 5) is 30.9. The molecule has 0 radical (unpaired) electrons. The van der Waals surface area contributed by atoms with Gasteiger partial charge in [-0.25, -0.2) is 0 Å². The smallest absolute Gasteiger partial charge is 0.246 e. The van der Waals surface area contributed by atoms with Crippen LogP contribution < -0.4 is 9.47 Å². The first-order valence-corrected chi connectivity index (χ1v) is 11.5. The third-order valence-electron chi connectivity index (χ3n) is 5.77. The van der Waals surface area contributed by atoms with Crippen molar-refractivity contribution in [2.75, 3.05) is 72.7 Å². The Labute approximate surface area is 190 Å². The monoisotopic (exact) mass is 445 g/mol. The van der Waals surface area contributed by atoms with Gasteiger partial charge >= 0.3 is 0 Å². The SMILES string of the molecule is CCCCOc1ccc(/C=C/C(=O)N2CCN(C(=O)CN3CCOCC3)CC2)cc1OC. The largest absolute Gasteiger partial charge is 0.493 e. The molecule has 0 saturated carbocycles. The number of benzene rings is 1. The lowest BCUT2D eigenvalue weighted by molar-refractivity contribution is -0.138. The quantitative estimate of drug-likeness (QED) is 0.427. The second-order valence-corrected chi connectivity index (χ2v) is 8.04. The molecule has 0 unspecified atom stereocenters. The van der Waals surface area contributed by atoms with Crippen LogP contribution >= 0.6 is 0 Å². The predicted octanol–water partition coefficient (Wildman–Crippen LogP) is 1.89. The standard InChI is InChI=1S/C24H35N3O5/c1-3-4-15-32-21-7-5-20(18-22(21)30-2)6-8-23(28)26-9-11-27(12-10-26)24(29)19-25-13-16-31-17-14-25/h5-8,18H,3-4,9-17,19H2,1-2H3/b8-6+. The van der Waals surface area contributed by atoms with Gasteiger partial charge in [-0.05, 0) is 30.2 Å². The summed E-state index contributed by atoms with van der Waals surface area (Å²) in [5.41, 5.74) is 0.873. The zero-order chi connectivity index (χ0) is 22.8. The Hall–Kier alpha value is -2.58. The van der Waals surface area contributed by atoms with E-state index in [-0.39, 0.29) is 11.8 Å². The van der Waals surface area contributed by atoms with Gasteiger partial charge in [0.1, 0.15) is 0 Å². The van der Waals surface area contributed by atoms with Crippen molar-refractivity contribution in [2.24, 2.45) is 0 Å². The van der Waals surface area contributed by atoms with Crippen LogP contribution in [0.3, 0.4) is 0 Å². The molecule has 0 N–H and O–H groups in total. The van der Waals surface area contributed by atoms with Crippen molar-refractivity contribution in [3.63, 3.8) is 0 Å². The molecule has 0 aliphatic carbocycles. The third-order valence-corrected chi connectivity index (χ3v) is 5.77. The van der Waals surface area contributed by atoms with E-state index in [4.69, 9.17) is 14.2 Å². The van der Waals surface area contributed by atoms with Crippen LogP contribution in [0, 0.1) is 0 Å². The second kappa shape index (κ2) is 12.5. The predicted molar refractivity (Wildman–Crippen MR) is 123 cm³/mol. The first kappa shape index (κ1) is 24.1. The zero-order valence-corrected chi connectivity index (χ0v) is 19.3. The number of unbranched alkanes of at least 4 members (excludes halogenated alkanes) is 1. The van der Waals surface area contributed by atoms with E-state index in [1.165, 1.54) is 0 Å². The fourth-order valence-electron chi connectivity index (χ4n) is 3.73. The lowest BCUT2D eigenvalue weighted by Gasteiger charge is -2.36. The Balaban J connectivity index is 1.47. The van der Waals surface area contributed by atoms with Gasteiger partial charge in [0, 0.05) is 45.3 Å². The van der Waals surface area contributed by atoms with Crippen molar-refractivity contribution in [3.05, 3.63) is 29.8 Å². The first-order chi connectivity index (χ1) is 15.6. The topological polar surface area (TPSA) is 71.6 Å². The molecule has 32 heavy (non-hydrogen) atoms. The van der Waals surface area contributed by atoms with Gasteiger partial charge in [-0.1, -0.05) is 19.4 Å². The Kier molecular flexibility index (Phi) is 9.37.